The molecule has 1 amide bonds. The summed E-state index contributed by atoms with van der Waals surface area (Å²) in [6.45, 7) is 3.23. The Kier molecular flexibility index (Phi) is 8.03. The first-order valence-electron chi connectivity index (χ1n) is 10.1. The Hall–Kier alpha value is -3.60. The van der Waals surface area contributed by atoms with E-state index in [0.717, 1.165) is 24.2 Å². The highest BCUT2D eigenvalue weighted by Crippen LogP contribution is 2.16. The Balaban J connectivity index is 1.44. The first kappa shape index (κ1) is 21.1. The van der Waals surface area contributed by atoms with Crippen LogP contribution in [-0.2, 0) is 6.42 Å². The number of hydrogen-bond donors (Lipinski definition) is 1. The first-order chi connectivity index (χ1) is 14.8. The van der Waals surface area contributed by atoms with E-state index in [1.54, 1.807) is 18.3 Å². The normalized spacial score (nSPS) is 10.7. The van der Waals surface area contributed by atoms with Gasteiger partial charge in [-0.15, -0.1) is 0 Å². The molecule has 0 unspecified atom stereocenters. The van der Waals surface area contributed by atoms with E-state index in [4.69, 9.17) is 9.47 Å². The van der Waals surface area contributed by atoms with Gasteiger partial charge in [-0.3, -0.25) is 4.79 Å². The molecule has 0 heterocycles. The second-order valence-electron chi connectivity index (χ2n) is 6.65. The van der Waals surface area contributed by atoms with Crippen LogP contribution in [0.25, 0.3) is 0 Å². The molecule has 0 fully saturated rings. The third-order valence-corrected chi connectivity index (χ3v) is 4.47. The summed E-state index contributed by atoms with van der Waals surface area (Å²) in [5.41, 5.74) is 5.18. The minimum Gasteiger partial charge on any atom is -0.493 e. The molecule has 0 aromatic heterocycles. The molecule has 3 aromatic carbocycles. The van der Waals surface area contributed by atoms with Gasteiger partial charge in [-0.1, -0.05) is 49.4 Å². The van der Waals surface area contributed by atoms with Crippen LogP contribution in [-0.4, -0.2) is 25.3 Å². The van der Waals surface area contributed by atoms with Crippen molar-refractivity contribution in [2.75, 3.05) is 13.2 Å². The van der Waals surface area contributed by atoms with Gasteiger partial charge < -0.3 is 9.47 Å². The number of aryl methyl sites for hydroxylation is 1. The zero-order valence-corrected chi connectivity index (χ0v) is 17.1. The average molecular weight is 402 g/mol. The number of benzene rings is 3. The maximum Gasteiger partial charge on any atom is 0.271 e. The summed E-state index contributed by atoms with van der Waals surface area (Å²) in [7, 11) is 0. The standard InChI is InChI=1S/C25H26N2O3/c1-2-20-13-15-23(16-14-20)29-17-8-18-30-24-12-7-6-11-22(24)19-26-27-25(28)21-9-4-3-5-10-21/h3-7,9-16,19H,2,8,17-18H2,1H3,(H,27,28). The summed E-state index contributed by atoms with van der Waals surface area (Å²) in [4.78, 5) is 12.0. The van der Waals surface area contributed by atoms with E-state index in [9.17, 15) is 4.79 Å². The second kappa shape index (κ2) is 11.4. The number of hydrazone groups is 1. The van der Waals surface area contributed by atoms with Gasteiger partial charge in [-0.2, -0.15) is 5.10 Å². The lowest BCUT2D eigenvalue weighted by Crippen LogP contribution is -2.17. The van der Waals surface area contributed by atoms with Crippen molar-refractivity contribution in [2.45, 2.75) is 19.8 Å². The van der Waals surface area contributed by atoms with Crippen molar-refractivity contribution in [1.29, 1.82) is 0 Å². The highest BCUT2D eigenvalue weighted by molar-refractivity contribution is 5.95. The van der Waals surface area contributed by atoms with Crippen LogP contribution >= 0.6 is 0 Å². The molecular weight excluding hydrogens is 376 g/mol. The lowest BCUT2D eigenvalue weighted by molar-refractivity contribution is 0.0955. The predicted octanol–water partition coefficient (Wildman–Crippen LogP) is 4.86. The smallest absolute Gasteiger partial charge is 0.271 e. The number of carbonyl (C=O) groups excluding carboxylic acids is 1. The van der Waals surface area contributed by atoms with Crippen molar-refractivity contribution < 1.29 is 14.3 Å². The number of para-hydroxylation sites is 1. The molecule has 5 heteroatoms. The summed E-state index contributed by atoms with van der Waals surface area (Å²) in [5, 5.41) is 4.05. The van der Waals surface area contributed by atoms with Crippen LogP contribution in [0.4, 0.5) is 0 Å². The molecule has 1 N–H and O–H groups in total. The number of nitrogens with one attached hydrogen (secondary N) is 1. The third kappa shape index (κ3) is 6.48. The van der Waals surface area contributed by atoms with Gasteiger partial charge >= 0.3 is 0 Å². The Morgan fingerprint density at radius 2 is 1.60 bits per heavy atom. The van der Waals surface area contributed by atoms with Gasteiger partial charge in [-0.05, 0) is 48.4 Å². The maximum atomic E-state index is 12.0. The topological polar surface area (TPSA) is 59.9 Å². The monoisotopic (exact) mass is 402 g/mol. The van der Waals surface area contributed by atoms with Crippen LogP contribution in [0.15, 0.2) is 84.0 Å². The van der Waals surface area contributed by atoms with Crippen molar-refractivity contribution in [2.24, 2.45) is 5.10 Å². The van der Waals surface area contributed by atoms with Gasteiger partial charge in [0.05, 0.1) is 19.4 Å². The Morgan fingerprint density at radius 3 is 2.37 bits per heavy atom. The number of amides is 1. The summed E-state index contributed by atoms with van der Waals surface area (Å²) >= 11 is 0. The van der Waals surface area contributed by atoms with Gasteiger partial charge in [0, 0.05) is 17.5 Å². The summed E-state index contributed by atoms with van der Waals surface area (Å²) in [5.74, 6) is 1.32. The van der Waals surface area contributed by atoms with Crippen molar-refractivity contribution >= 4 is 12.1 Å². The van der Waals surface area contributed by atoms with Crippen molar-refractivity contribution in [3.63, 3.8) is 0 Å². The molecule has 0 aliphatic heterocycles. The van der Waals surface area contributed by atoms with Crippen LogP contribution in [0.2, 0.25) is 0 Å². The molecule has 3 rings (SSSR count). The number of carbonyl (C=O) groups is 1. The number of rotatable bonds is 10. The molecule has 0 bridgehead atoms. The van der Waals surface area contributed by atoms with Crippen LogP contribution in [0.5, 0.6) is 11.5 Å². The molecule has 0 saturated heterocycles. The van der Waals surface area contributed by atoms with Gasteiger partial charge in [0.25, 0.3) is 5.91 Å². The van der Waals surface area contributed by atoms with Crippen molar-refractivity contribution in [1.82, 2.24) is 5.43 Å². The zero-order chi connectivity index (χ0) is 21.0. The number of ether oxygens (including phenoxy) is 2. The molecule has 0 spiro atoms. The van der Waals surface area contributed by atoms with Crippen LogP contribution in [0.3, 0.4) is 0 Å². The highest BCUT2D eigenvalue weighted by Gasteiger charge is 2.04. The second-order valence-corrected chi connectivity index (χ2v) is 6.65. The first-order valence-corrected chi connectivity index (χ1v) is 10.1. The molecule has 0 saturated carbocycles. The molecule has 3 aromatic rings. The lowest BCUT2D eigenvalue weighted by Gasteiger charge is -2.10. The SMILES string of the molecule is CCc1ccc(OCCCOc2ccccc2C=NNC(=O)c2ccccc2)cc1. The molecular formula is C25H26N2O3. The summed E-state index contributed by atoms with van der Waals surface area (Å²) in [6.07, 6.45) is 3.36. The molecule has 0 atom stereocenters. The minimum atomic E-state index is -0.255. The van der Waals surface area contributed by atoms with E-state index in [1.165, 1.54) is 5.56 Å². The molecule has 5 nitrogen and oxygen atoms in total. The predicted molar refractivity (Wildman–Crippen MR) is 119 cm³/mol. The fraction of sp³-hybridized carbons (Fsp3) is 0.200. The van der Waals surface area contributed by atoms with Gasteiger partial charge in [0.2, 0.25) is 0 Å². The van der Waals surface area contributed by atoms with Gasteiger partial charge in [0.1, 0.15) is 11.5 Å². The minimum absolute atomic E-state index is 0.255. The molecule has 30 heavy (non-hydrogen) atoms. The quantitative estimate of drug-likeness (QED) is 0.299. The fourth-order valence-corrected chi connectivity index (χ4v) is 2.79. The zero-order valence-electron chi connectivity index (χ0n) is 17.1. The number of nitrogens with zero attached hydrogens (tertiary/aromatic N) is 1. The molecule has 154 valence electrons. The van der Waals surface area contributed by atoms with Crippen molar-refractivity contribution in [3.8, 4) is 11.5 Å². The average Bonchev–Trinajstić information content (AvgIpc) is 2.80. The molecule has 0 aliphatic rings. The van der Waals surface area contributed by atoms with E-state index in [1.807, 2.05) is 54.6 Å². The van der Waals surface area contributed by atoms with Crippen LogP contribution in [0.1, 0.15) is 34.8 Å². The van der Waals surface area contributed by atoms with Gasteiger partial charge in [0.15, 0.2) is 0 Å². The highest BCUT2D eigenvalue weighted by atomic mass is 16.5. The molecule has 0 aliphatic carbocycles. The summed E-state index contributed by atoms with van der Waals surface area (Å²) in [6, 6.07) is 24.7. The Bertz CT molecular complexity index is 954. The fourth-order valence-electron chi connectivity index (χ4n) is 2.79. The van der Waals surface area contributed by atoms with Crippen LogP contribution in [0, 0.1) is 0 Å². The maximum absolute atomic E-state index is 12.0. The Labute approximate surface area is 177 Å². The Morgan fingerprint density at radius 1 is 0.900 bits per heavy atom. The molecule has 0 radical (unpaired) electrons. The van der Waals surface area contributed by atoms with Gasteiger partial charge in [-0.25, -0.2) is 5.43 Å². The largest absolute Gasteiger partial charge is 0.493 e. The van der Waals surface area contributed by atoms with E-state index in [0.29, 0.717) is 24.5 Å². The lowest BCUT2D eigenvalue weighted by atomic mass is 10.2. The van der Waals surface area contributed by atoms with E-state index in [-0.39, 0.29) is 5.91 Å². The number of hydrogen-bond acceptors (Lipinski definition) is 4. The van der Waals surface area contributed by atoms with E-state index < -0.39 is 0 Å². The summed E-state index contributed by atoms with van der Waals surface area (Å²) < 4.78 is 11.6. The van der Waals surface area contributed by atoms with E-state index in [2.05, 4.69) is 29.6 Å². The third-order valence-electron chi connectivity index (χ3n) is 4.47. The van der Waals surface area contributed by atoms with Crippen molar-refractivity contribution in [3.05, 3.63) is 95.6 Å². The van der Waals surface area contributed by atoms with Crippen LogP contribution < -0.4 is 14.9 Å². The van der Waals surface area contributed by atoms with E-state index >= 15 is 0 Å².